The minimum atomic E-state index is -1.06. The predicted octanol–water partition coefficient (Wildman–Crippen LogP) is 3.29. The summed E-state index contributed by atoms with van der Waals surface area (Å²) in [4.78, 5) is 33.0. The number of aromatic nitrogens is 2. The van der Waals surface area contributed by atoms with Crippen LogP contribution in [-0.4, -0.2) is 52.2 Å². The largest absolute Gasteiger partial charge is 0.474 e. The van der Waals surface area contributed by atoms with Crippen LogP contribution in [0.3, 0.4) is 0 Å². The summed E-state index contributed by atoms with van der Waals surface area (Å²) in [5, 5.41) is 2.70. The van der Waals surface area contributed by atoms with Gasteiger partial charge in [-0.15, -0.1) is 0 Å². The number of nitrogens with two attached hydrogens (primary N) is 1. The molecule has 0 radical (unpaired) electrons. The molecule has 1 aliphatic rings. The van der Waals surface area contributed by atoms with Gasteiger partial charge in [-0.2, -0.15) is 0 Å². The molecule has 0 bridgehead atoms. The van der Waals surface area contributed by atoms with E-state index in [4.69, 9.17) is 15.2 Å². The van der Waals surface area contributed by atoms with Crippen molar-refractivity contribution < 1.29 is 27.8 Å². The zero-order valence-electron chi connectivity index (χ0n) is 18.0. The van der Waals surface area contributed by atoms with Gasteiger partial charge in [0.2, 0.25) is 5.88 Å². The number of hydrogen-bond acceptors (Lipinski definition) is 7. The molecule has 1 fully saturated rings. The van der Waals surface area contributed by atoms with Gasteiger partial charge in [0.25, 0.3) is 5.91 Å². The number of ether oxygens (including phenoxy) is 2. The van der Waals surface area contributed by atoms with Gasteiger partial charge in [-0.3, -0.25) is 4.79 Å². The molecule has 172 valence electrons. The molecule has 0 saturated carbocycles. The van der Waals surface area contributed by atoms with Crippen LogP contribution in [0, 0.1) is 18.6 Å². The van der Waals surface area contributed by atoms with Gasteiger partial charge in [-0.05, 0) is 26.8 Å². The van der Waals surface area contributed by atoms with Crippen molar-refractivity contribution in [3.05, 3.63) is 41.2 Å². The van der Waals surface area contributed by atoms with Gasteiger partial charge in [0.15, 0.2) is 0 Å². The second-order valence-corrected chi connectivity index (χ2v) is 7.69. The summed E-state index contributed by atoms with van der Waals surface area (Å²) >= 11 is 0. The van der Waals surface area contributed by atoms with Crippen molar-refractivity contribution in [2.75, 3.05) is 18.4 Å². The van der Waals surface area contributed by atoms with E-state index in [0.717, 1.165) is 12.1 Å². The minimum Gasteiger partial charge on any atom is -0.474 e. The Morgan fingerprint density at radius 3 is 2.50 bits per heavy atom. The molecule has 32 heavy (non-hydrogen) atoms. The molecule has 0 spiro atoms. The maximum atomic E-state index is 14.3. The summed E-state index contributed by atoms with van der Waals surface area (Å²) in [5.74, 6) is -2.36. The van der Waals surface area contributed by atoms with Gasteiger partial charge < -0.3 is 25.4 Å². The van der Waals surface area contributed by atoms with Crippen LogP contribution in [0.5, 0.6) is 5.88 Å². The van der Waals surface area contributed by atoms with Gasteiger partial charge in [-0.25, -0.2) is 23.5 Å². The second-order valence-electron chi connectivity index (χ2n) is 7.69. The fraction of sp³-hybridized carbons (Fsp3) is 0.429. The Morgan fingerprint density at radius 1 is 1.19 bits per heavy atom. The van der Waals surface area contributed by atoms with Crippen LogP contribution in [-0.2, 0) is 4.74 Å². The number of likely N-dealkylation sites (tertiary alicyclic amines) is 1. The van der Waals surface area contributed by atoms with Crippen LogP contribution in [0.2, 0.25) is 0 Å². The zero-order valence-corrected chi connectivity index (χ0v) is 18.0. The monoisotopic (exact) mass is 449 g/mol. The van der Waals surface area contributed by atoms with Gasteiger partial charge >= 0.3 is 6.09 Å². The summed E-state index contributed by atoms with van der Waals surface area (Å²) in [6, 6.07) is 1.56. The van der Waals surface area contributed by atoms with Crippen LogP contribution < -0.4 is 15.8 Å². The Kier molecular flexibility index (Phi) is 7.06. The third-order valence-electron chi connectivity index (χ3n) is 4.93. The molecule has 11 heteroatoms. The Bertz CT molecular complexity index is 1010. The highest BCUT2D eigenvalue weighted by atomic mass is 19.1. The number of anilines is 2. The standard InChI is InChI=1S/C21H25F2N5O4/c1-11(2)31-21(30)28-6-4-13(5-7-28)32-20-12(3)19(25-10-26-20)27-17-9-15(22)14(18(24)29)8-16(17)23/h8-11,13H,4-7H2,1-3H3,(H2,24,29)(H,25,26,27). The van der Waals surface area contributed by atoms with E-state index >= 15 is 0 Å². The zero-order chi connectivity index (χ0) is 23.4. The first-order valence-electron chi connectivity index (χ1n) is 10.2. The van der Waals surface area contributed by atoms with E-state index in [2.05, 4.69) is 15.3 Å². The number of halogens is 2. The minimum absolute atomic E-state index is 0.177. The third kappa shape index (κ3) is 5.40. The summed E-state index contributed by atoms with van der Waals surface area (Å²) in [6.45, 7) is 6.25. The average molecular weight is 449 g/mol. The van der Waals surface area contributed by atoms with E-state index in [-0.39, 0.29) is 29.8 Å². The fourth-order valence-electron chi connectivity index (χ4n) is 3.23. The van der Waals surface area contributed by atoms with E-state index in [1.54, 1.807) is 25.7 Å². The highest BCUT2D eigenvalue weighted by Crippen LogP contribution is 2.28. The quantitative estimate of drug-likeness (QED) is 0.694. The number of primary amides is 1. The van der Waals surface area contributed by atoms with Crippen molar-refractivity contribution in [3.63, 3.8) is 0 Å². The highest BCUT2D eigenvalue weighted by Gasteiger charge is 2.26. The summed E-state index contributed by atoms with van der Waals surface area (Å²) in [7, 11) is 0. The Morgan fingerprint density at radius 2 is 1.88 bits per heavy atom. The molecule has 1 aromatic carbocycles. The normalized spacial score (nSPS) is 14.4. The lowest BCUT2D eigenvalue weighted by Gasteiger charge is -2.32. The SMILES string of the molecule is Cc1c(Nc2cc(F)c(C(N)=O)cc2F)ncnc1OC1CCN(C(=O)OC(C)C)CC1. The molecule has 2 amide bonds. The van der Waals surface area contributed by atoms with E-state index < -0.39 is 23.1 Å². The summed E-state index contributed by atoms with van der Waals surface area (Å²) in [5.41, 5.74) is 4.77. The van der Waals surface area contributed by atoms with Gasteiger partial charge in [-0.1, -0.05) is 0 Å². The molecular formula is C21H25F2N5O4. The molecule has 3 rings (SSSR count). The van der Waals surface area contributed by atoms with Gasteiger partial charge in [0.1, 0.15) is 29.9 Å². The van der Waals surface area contributed by atoms with Crippen LogP contribution >= 0.6 is 0 Å². The first-order valence-corrected chi connectivity index (χ1v) is 10.2. The number of carbonyl (C=O) groups is 2. The average Bonchev–Trinajstić information content (AvgIpc) is 2.73. The van der Waals surface area contributed by atoms with Crippen LogP contribution in [0.4, 0.5) is 25.1 Å². The van der Waals surface area contributed by atoms with E-state index in [1.807, 2.05) is 0 Å². The summed E-state index contributed by atoms with van der Waals surface area (Å²) < 4.78 is 39.5. The number of hydrogen-bond donors (Lipinski definition) is 2. The molecule has 0 unspecified atom stereocenters. The number of amides is 2. The molecular weight excluding hydrogens is 424 g/mol. The Balaban J connectivity index is 1.67. The van der Waals surface area contributed by atoms with Crippen LogP contribution in [0.1, 0.15) is 42.6 Å². The predicted molar refractivity (Wildman–Crippen MR) is 112 cm³/mol. The first-order chi connectivity index (χ1) is 15.2. The molecule has 1 aliphatic heterocycles. The lowest BCUT2D eigenvalue weighted by atomic mass is 10.1. The lowest BCUT2D eigenvalue weighted by Crippen LogP contribution is -2.42. The molecule has 1 aromatic heterocycles. The Labute approximate surface area is 183 Å². The first kappa shape index (κ1) is 23.2. The van der Waals surface area contributed by atoms with Crippen molar-refractivity contribution in [1.82, 2.24) is 14.9 Å². The third-order valence-corrected chi connectivity index (χ3v) is 4.93. The Hall–Kier alpha value is -3.50. The van der Waals surface area contributed by atoms with Crippen molar-refractivity contribution >= 4 is 23.5 Å². The van der Waals surface area contributed by atoms with Crippen molar-refractivity contribution in [1.29, 1.82) is 0 Å². The molecule has 0 aliphatic carbocycles. The van der Waals surface area contributed by atoms with Crippen molar-refractivity contribution in [3.8, 4) is 5.88 Å². The van der Waals surface area contributed by atoms with Gasteiger partial charge in [0, 0.05) is 32.0 Å². The number of nitrogens with one attached hydrogen (secondary N) is 1. The molecule has 2 heterocycles. The van der Waals surface area contributed by atoms with Crippen LogP contribution in [0.25, 0.3) is 0 Å². The van der Waals surface area contributed by atoms with Crippen molar-refractivity contribution in [2.24, 2.45) is 5.73 Å². The second kappa shape index (κ2) is 9.75. The molecule has 1 saturated heterocycles. The smallest absolute Gasteiger partial charge is 0.410 e. The van der Waals surface area contributed by atoms with E-state index in [1.165, 1.54) is 6.33 Å². The highest BCUT2D eigenvalue weighted by molar-refractivity contribution is 5.93. The molecule has 3 N–H and O–H groups in total. The van der Waals surface area contributed by atoms with Gasteiger partial charge in [0.05, 0.1) is 22.9 Å². The van der Waals surface area contributed by atoms with E-state index in [0.29, 0.717) is 37.4 Å². The summed E-state index contributed by atoms with van der Waals surface area (Å²) in [6.07, 6.45) is 1.72. The van der Waals surface area contributed by atoms with Crippen LogP contribution in [0.15, 0.2) is 18.5 Å². The molecule has 9 nitrogen and oxygen atoms in total. The maximum Gasteiger partial charge on any atom is 0.410 e. The molecule has 2 aromatic rings. The topological polar surface area (TPSA) is 120 Å². The van der Waals surface area contributed by atoms with Crippen molar-refractivity contribution in [2.45, 2.75) is 45.8 Å². The number of rotatable bonds is 6. The number of benzene rings is 1. The molecule has 0 atom stereocenters. The fourth-order valence-corrected chi connectivity index (χ4v) is 3.23. The number of nitrogens with zero attached hydrogens (tertiary/aromatic N) is 3. The maximum absolute atomic E-state index is 14.3. The number of carbonyl (C=O) groups excluding carboxylic acids is 2. The number of piperidine rings is 1. The lowest BCUT2D eigenvalue weighted by molar-refractivity contribution is 0.0505. The van der Waals surface area contributed by atoms with E-state index in [9.17, 15) is 18.4 Å².